The van der Waals surface area contributed by atoms with E-state index in [1.54, 1.807) is 6.26 Å². The summed E-state index contributed by atoms with van der Waals surface area (Å²) < 4.78 is 11.1. The van der Waals surface area contributed by atoms with Crippen molar-refractivity contribution in [2.45, 2.75) is 39.3 Å². The summed E-state index contributed by atoms with van der Waals surface area (Å²) in [6.45, 7) is 8.36. The third-order valence-corrected chi connectivity index (χ3v) is 4.73. The minimum Gasteiger partial charge on any atom is -0.459 e. The Labute approximate surface area is 148 Å². The molecule has 0 saturated carbocycles. The molecule has 7 heteroatoms. The molecule has 25 heavy (non-hydrogen) atoms. The van der Waals surface area contributed by atoms with Crippen molar-refractivity contribution in [1.29, 1.82) is 0 Å². The van der Waals surface area contributed by atoms with Gasteiger partial charge in [-0.2, -0.15) is 0 Å². The molecule has 1 unspecified atom stereocenters. The standard InChI is InChI=1S/C18H28N4O3/c1-13-6-9-24-17(13)18-20-19-16(25-18)12-21(3)11-15-4-7-22(8-5-15)10-14(2)23/h6,9,14-15,23H,4-5,7-8,10-12H2,1-3H3. The number of piperidine rings is 1. The number of furan rings is 1. The van der Waals surface area contributed by atoms with E-state index >= 15 is 0 Å². The number of aliphatic hydroxyl groups excluding tert-OH is 1. The first-order valence-corrected chi connectivity index (χ1v) is 8.97. The Balaban J connectivity index is 1.46. The zero-order valence-electron chi connectivity index (χ0n) is 15.3. The number of hydrogen-bond donors (Lipinski definition) is 1. The van der Waals surface area contributed by atoms with E-state index in [4.69, 9.17) is 8.83 Å². The van der Waals surface area contributed by atoms with E-state index in [0.29, 0.717) is 30.0 Å². The fourth-order valence-electron chi connectivity index (χ4n) is 3.46. The van der Waals surface area contributed by atoms with Gasteiger partial charge in [-0.3, -0.25) is 4.90 Å². The minimum atomic E-state index is -0.247. The molecule has 0 radical (unpaired) electrons. The summed E-state index contributed by atoms with van der Waals surface area (Å²) in [5.74, 6) is 2.37. The van der Waals surface area contributed by atoms with E-state index in [0.717, 1.165) is 44.6 Å². The maximum atomic E-state index is 9.49. The quantitative estimate of drug-likeness (QED) is 0.821. The SMILES string of the molecule is Cc1ccoc1-c1nnc(CN(C)CC2CCN(CC(C)O)CC2)o1. The van der Waals surface area contributed by atoms with Gasteiger partial charge in [-0.1, -0.05) is 0 Å². The number of aliphatic hydroxyl groups is 1. The molecule has 1 saturated heterocycles. The molecule has 2 aromatic heterocycles. The Morgan fingerprint density at radius 3 is 2.76 bits per heavy atom. The number of aromatic nitrogens is 2. The fraction of sp³-hybridized carbons (Fsp3) is 0.667. The van der Waals surface area contributed by atoms with Crippen LogP contribution in [0.15, 0.2) is 21.2 Å². The highest BCUT2D eigenvalue weighted by Gasteiger charge is 2.22. The molecule has 7 nitrogen and oxygen atoms in total. The largest absolute Gasteiger partial charge is 0.459 e. The summed E-state index contributed by atoms with van der Waals surface area (Å²) >= 11 is 0. The molecule has 3 heterocycles. The van der Waals surface area contributed by atoms with Gasteiger partial charge in [-0.25, -0.2) is 0 Å². The lowest BCUT2D eigenvalue weighted by atomic mass is 9.96. The summed E-state index contributed by atoms with van der Waals surface area (Å²) in [5, 5.41) is 17.7. The Hall–Kier alpha value is -1.70. The third kappa shape index (κ3) is 4.90. The van der Waals surface area contributed by atoms with E-state index in [1.807, 2.05) is 19.9 Å². The summed E-state index contributed by atoms with van der Waals surface area (Å²) in [7, 11) is 2.09. The molecule has 138 valence electrons. The van der Waals surface area contributed by atoms with Gasteiger partial charge in [0.1, 0.15) is 0 Å². The normalized spacial score (nSPS) is 18.1. The van der Waals surface area contributed by atoms with E-state index in [1.165, 1.54) is 0 Å². The van der Waals surface area contributed by atoms with Gasteiger partial charge in [0, 0.05) is 18.7 Å². The molecule has 3 rings (SSSR count). The second kappa shape index (κ2) is 8.12. The first kappa shape index (κ1) is 18.1. The van der Waals surface area contributed by atoms with Gasteiger partial charge < -0.3 is 18.8 Å². The van der Waals surface area contributed by atoms with Crippen LogP contribution in [0.4, 0.5) is 0 Å². The lowest BCUT2D eigenvalue weighted by molar-refractivity contribution is 0.0911. The highest BCUT2D eigenvalue weighted by molar-refractivity contribution is 5.49. The van der Waals surface area contributed by atoms with Crippen molar-refractivity contribution in [3.63, 3.8) is 0 Å². The molecule has 1 N–H and O–H groups in total. The Bertz CT molecular complexity index is 659. The third-order valence-electron chi connectivity index (χ3n) is 4.73. The second-order valence-corrected chi connectivity index (χ2v) is 7.22. The van der Waals surface area contributed by atoms with Gasteiger partial charge in [-0.05, 0) is 58.8 Å². The molecule has 0 spiro atoms. The van der Waals surface area contributed by atoms with Crippen LogP contribution in [0.2, 0.25) is 0 Å². The number of rotatable bonds is 7. The monoisotopic (exact) mass is 348 g/mol. The molecule has 0 amide bonds. The fourth-order valence-corrected chi connectivity index (χ4v) is 3.46. The summed E-state index contributed by atoms with van der Waals surface area (Å²) in [6, 6.07) is 1.88. The number of likely N-dealkylation sites (tertiary alicyclic amines) is 1. The van der Waals surface area contributed by atoms with Crippen molar-refractivity contribution < 1.29 is 13.9 Å². The van der Waals surface area contributed by atoms with Crippen LogP contribution in [0.3, 0.4) is 0 Å². The maximum absolute atomic E-state index is 9.49. The molecule has 1 atom stereocenters. The number of hydrogen-bond acceptors (Lipinski definition) is 7. The van der Waals surface area contributed by atoms with Crippen molar-refractivity contribution in [2.24, 2.45) is 5.92 Å². The Morgan fingerprint density at radius 2 is 2.12 bits per heavy atom. The molecule has 0 aromatic carbocycles. The van der Waals surface area contributed by atoms with Crippen LogP contribution in [0, 0.1) is 12.8 Å². The van der Waals surface area contributed by atoms with E-state index in [2.05, 4.69) is 27.0 Å². The highest BCUT2D eigenvalue weighted by Crippen LogP contribution is 2.23. The maximum Gasteiger partial charge on any atom is 0.283 e. The lowest BCUT2D eigenvalue weighted by Crippen LogP contribution is -2.40. The molecule has 1 aliphatic rings. The Morgan fingerprint density at radius 1 is 1.36 bits per heavy atom. The van der Waals surface area contributed by atoms with Crippen molar-refractivity contribution in [3.05, 3.63) is 23.8 Å². The zero-order chi connectivity index (χ0) is 17.8. The second-order valence-electron chi connectivity index (χ2n) is 7.22. The van der Waals surface area contributed by atoms with Gasteiger partial charge in [0.15, 0.2) is 5.76 Å². The Kier molecular flexibility index (Phi) is 5.88. The summed E-state index contributed by atoms with van der Waals surface area (Å²) in [4.78, 5) is 4.58. The molecular formula is C18H28N4O3. The van der Waals surface area contributed by atoms with Gasteiger partial charge in [-0.15, -0.1) is 10.2 Å². The molecule has 1 aliphatic heterocycles. The van der Waals surface area contributed by atoms with E-state index in [-0.39, 0.29) is 6.10 Å². The first-order chi connectivity index (χ1) is 12.0. The van der Waals surface area contributed by atoms with E-state index < -0.39 is 0 Å². The molecule has 1 fully saturated rings. The highest BCUT2D eigenvalue weighted by atomic mass is 16.4. The summed E-state index contributed by atoms with van der Waals surface area (Å²) in [6.07, 6.45) is 3.71. The zero-order valence-corrected chi connectivity index (χ0v) is 15.3. The first-order valence-electron chi connectivity index (χ1n) is 8.97. The van der Waals surface area contributed by atoms with Gasteiger partial charge >= 0.3 is 0 Å². The predicted molar refractivity (Wildman–Crippen MR) is 93.9 cm³/mol. The van der Waals surface area contributed by atoms with Crippen LogP contribution in [-0.2, 0) is 6.54 Å². The smallest absolute Gasteiger partial charge is 0.283 e. The van der Waals surface area contributed by atoms with E-state index in [9.17, 15) is 5.11 Å². The number of β-amino-alcohol motifs (C(OH)–C–C–N with tert-alkyl or cyclic N) is 1. The van der Waals surface area contributed by atoms with Crippen LogP contribution < -0.4 is 0 Å². The van der Waals surface area contributed by atoms with Crippen molar-refractivity contribution in [3.8, 4) is 11.7 Å². The molecule has 2 aromatic rings. The molecule has 0 aliphatic carbocycles. The van der Waals surface area contributed by atoms with Crippen LogP contribution >= 0.6 is 0 Å². The van der Waals surface area contributed by atoms with Crippen LogP contribution in [-0.4, -0.2) is 64.4 Å². The minimum absolute atomic E-state index is 0.247. The molecule has 0 bridgehead atoms. The predicted octanol–water partition coefficient (Wildman–Crippen LogP) is 2.16. The van der Waals surface area contributed by atoms with Crippen molar-refractivity contribution >= 4 is 0 Å². The molecular weight excluding hydrogens is 320 g/mol. The van der Waals surface area contributed by atoms with Crippen molar-refractivity contribution in [1.82, 2.24) is 20.0 Å². The average molecular weight is 348 g/mol. The lowest BCUT2D eigenvalue weighted by Gasteiger charge is -2.34. The number of aryl methyl sites for hydroxylation is 1. The summed E-state index contributed by atoms with van der Waals surface area (Å²) in [5.41, 5.74) is 0.993. The average Bonchev–Trinajstić information content (AvgIpc) is 3.17. The van der Waals surface area contributed by atoms with Crippen LogP contribution in [0.5, 0.6) is 0 Å². The van der Waals surface area contributed by atoms with Crippen LogP contribution in [0.25, 0.3) is 11.7 Å². The van der Waals surface area contributed by atoms with Crippen molar-refractivity contribution in [2.75, 3.05) is 33.2 Å². The van der Waals surface area contributed by atoms with Crippen LogP contribution in [0.1, 0.15) is 31.2 Å². The van der Waals surface area contributed by atoms with Gasteiger partial charge in [0.05, 0.1) is 18.9 Å². The van der Waals surface area contributed by atoms with Gasteiger partial charge in [0.25, 0.3) is 5.89 Å². The van der Waals surface area contributed by atoms with Gasteiger partial charge in [0.2, 0.25) is 5.89 Å². The number of nitrogens with zero attached hydrogens (tertiary/aromatic N) is 4. The topological polar surface area (TPSA) is 78.8 Å².